The minimum Gasteiger partial charge on any atom is -0.494 e. The van der Waals surface area contributed by atoms with Gasteiger partial charge in [-0.1, -0.05) is 23.5 Å². The van der Waals surface area contributed by atoms with Crippen LogP contribution in [0.25, 0.3) is 5.69 Å². The van der Waals surface area contributed by atoms with E-state index in [-0.39, 0.29) is 15.8 Å². The van der Waals surface area contributed by atoms with Gasteiger partial charge in [0, 0.05) is 0 Å². The molecule has 3 rings (SSSR count). The van der Waals surface area contributed by atoms with Gasteiger partial charge < -0.3 is 9.84 Å². The van der Waals surface area contributed by atoms with Crippen molar-refractivity contribution in [1.82, 2.24) is 4.57 Å². The molecule has 0 unspecified atom stereocenters. The van der Waals surface area contributed by atoms with Crippen LogP contribution < -0.4 is 9.88 Å². The van der Waals surface area contributed by atoms with Crippen molar-refractivity contribution >= 4 is 44.3 Å². The Morgan fingerprint density at radius 1 is 1.15 bits per heavy atom. The van der Waals surface area contributed by atoms with Crippen LogP contribution >= 0.6 is 23.6 Å². The molecule has 1 heterocycles. The Balaban J connectivity index is 1.98. The van der Waals surface area contributed by atoms with Crippen molar-refractivity contribution in [3.8, 4) is 17.3 Å². The molecule has 0 saturated heterocycles. The predicted molar refractivity (Wildman–Crippen MR) is 105 cm³/mol. The van der Waals surface area contributed by atoms with E-state index in [1.807, 2.05) is 0 Å². The Morgan fingerprint density at radius 2 is 1.81 bits per heavy atom. The monoisotopic (exact) mass is 422 g/mol. The van der Waals surface area contributed by atoms with E-state index in [0.29, 0.717) is 21.1 Å². The van der Waals surface area contributed by atoms with E-state index in [4.69, 9.17) is 22.1 Å². The number of azo groups is 1. The maximum Gasteiger partial charge on any atom is 0.238 e. The molecule has 140 valence electrons. The minimum atomic E-state index is -3.80. The Kier molecular flexibility index (Phi) is 5.37. The van der Waals surface area contributed by atoms with Crippen LogP contribution in [-0.2, 0) is 10.0 Å². The minimum absolute atomic E-state index is 0.0384. The predicted octanol–water partition coefficient (Wildman–Crippen LogP) is 4.05. The lowest BCUT2D eigenvalue weighted by Gasteiger charge is -2.05. The number of ether oxygens (including phenoxy) is 1. The SMILES string of the molecule is COc1ccccc1N=Nc1sc(=S)n(-c2ccc(S(N)(=O)=O)cc2)c1O. The van der Waals surface area contributed by atoms with Crippen molar-refractivity contribution in [2.24, 2.45) is 15.4 Å². The number of primary sulfonamides is 1. The number of sulfonamides is 1. The number of para-hydroxylation sites is 1. The van der Waals surface area contributed by atoms with Crippen LogP contribution in [0.3, 0.4) is 0 Å². The van der Waals surface area contributed by atoms with Crippen LogP contribution in [0.4, 0.5) is 10.7 Å². The van der Waals surface area contributed by atoms with E-state index in [1.54, 1.807) is 24.3 Å². The first kappa shape index (κ1) is 19.2. The molecule has 1 aromatic heterocycles. The first-order valence-electron chi connectivity index (χ1n) is 7.44. The van der Waals surface area contributed by atoms with Crippen LogP contribution in [0.1, 0.15) is 0 Å². The summed E-state index contributed by atoms with van der Waals surface area (Å²) < 4.78 is 29.6. The Bertz CT molecular complexity index is 1170. The zero-order valence-corrected chi connectivity index (χ0v) is 16.4. The number of aromatic hydroxyl groups is 1. The van der Waals surface area contributed by atoms with Gasteiger partial charge in [0.05, 0.1) is 17.7 Å². The van der Waals surface area contributed by atoms with Crippen LogP contribution in [0.15, 0.2) is 63.7 Å². The Labute approximate surface area is 164 Å². The van der Waals surface area contributed by atoms with Gasteiger partial charge in [-0.05, 0) is 48.6 Å². The summed E-state index contributed by atoms with van der Waals surface area (Å²) in [5, 5.41) is 23.9. The highest BCUT2D eigenvalue weighted by atomic mass is 32.2. The van der Waals surface area contributed by atoms with Crippen molar-refractivity contribution in [2.45, 2.75) is 4.90 Å². The fourth-order valence-corrected chi connectivity index (χ4v) is 3.90. The third-order valence-corrected chi connectivity index (χ3v) is 5.70. The van der Waals surface area contributed by atoms with Crippen LogP contribution in [0.5, 0.6) is 11.6 Å². The van der Waals surface area contributed by atoms with E-state index in [0.717, 1.165) is 11.3 Å². The van der Waals surface area contributed by atoms with Crippen molar-refractivity contribution in [2.75, 3.05) is 7.11 Å². The van der Waals surface area contributed by atoms with Gasteiger partial charge in [0.15, 0.2) is 3.95 Å². The highest BCUT2D eigenvalue weighted by molar-refractivity contribution is 7.89. The summed E-state index contributed by atoms with van der Waals surface area (Å²) in [6, 6.07) is 12.7. The lowest BCUT2D eigenvalue weighted by Crippen LogP contribution is -2.11. The maximum atomic E-state index is 11.4. The topological polar surface area (TPSA) is 119 Å². The number of thiazole rings is 1. The van der Waals surface area contributed by atoms with Gasteiger partial charge in [-0.2, -0.15) is 0 Å². The summed E-state index contributed by atoms with van der Waals surface area (Å²) in [5.74, 6) is 0.342. The summed E-state index contributed by atoms with van der Waals surface area (Å²) in [4.78, 5) is -0.0384. The quantitative estimate of drug-likeness (QED) is 0.475. The molecule has 3 N–H and O–H groups in total. The molecule has 8 nitrogen and oxygen atoms in total. The molecule has 0 fully saturated rings. The molecule has 0 aliphatic carbocycles. The molecule has 0 aliphatic heterocycles. The van der Waals surface area contributed by atoms with Crippen molar-refractivity contribution < 1.29 is 18.3 Å². The summed E-state index contributed by atoms with van der Waals surface area (Å²) >= 11 is 6.34. The molecule has 0 spiro atoms. The molecule has 0 atom stereocenters. The Morgan fingerprint density at radius 3 is 2.44 bits per heavy atom. The van der Waals surface area contributed by atoms with Crippen molar-refractivity contribution in [1.29, 1.82) is 0 Å². The second-order valence-corrected chi connectivity index (χ2v) is 8.43. The maximum absolute atomic E-state index is 11.4. The second kappa shape index (κ2) is 7.56. The molecule has 0 saturated carbocycles. The molecule has 11 heteroatoms. The Hall–Kier alpha value is -2.60. The van der Waals surface area contributed by atoms with Gasteiger partial charge in [0.25, 0.3) is 0 Å². The first-order chi connectivity index (χ1) is 12.8. The summed E-state index contributed by atoms with van der Waals surface area (Å²) in [7, 11) is -2.28. The molecular weight excluding hydrogens is 408 g/mol. The van der Waals surface area contributed by atoms with Crippen LogP contribution in [0.2, 0.25) is 0 Å². The molecule has 0 bridgehead atoms. The van der Waals surface area contributed by atoms with Gasteiger partial charge in [-0.3, -0.25) is 4.57 Å². The van der Waals surface area contributed by atoms with E-state index >= 15 is 0 Å². The number of nitrogens with zero attached hydrogens (tertiary/aromatic N) is 3. The number of hydrogen-bond acceptors (Lipinski definition) is 8. The van der Waals surface area contributed by atoms with E-state index in [9.17, 15) is 13.5 Å². The molecular formula is C16H14N4O4S3. The standard InChI is InChI=1S/C16H14N4O4S3/c1-24-13-5-3-2-4-12(13)18-19-14-15(21)20(16(25)26-14)10-6-8-11(9-7-10)27(17,22)23/h2-9,21H,1H3,(H2,17,22,23). The molecule has 2 aromatic carbocycles. The number of hydrogen-bond donors (Lipinski definition) is 2. The van der Waals surface area contributed by atoms with Crippen LogP contribution in [-0.4, -0.2) is 25.2 Å². The number of aromatic nitrogens is 1. The smallest absolute Gasteiger partial charge is 0.238 e. The van der Waals surface area contributed by atoms with E-state index in [2.05, 4.69) is 10.2 Å². The first-order valence-corrected chi connectivity index (χ1v) is 10.2. The second-order valence-electron chi connectivity index (χ2n) is 5.24. The highest BCUT2D eigenvalue weighted by Gasteiger charge is 2.15. The summed E-state index contributed by atoms with van der Waals surface area (Å²) in [6.45, 7) is 0. The summed E-state index contributed by atoms with van der Waals surface area (Å²) in [6.07, 6.45) is 0. The number of rotatable bonds is 5. The average Bonchev–Trinajstić information content (AvgIpc) is 2.93. The third kappa shape index (κ3) is 4.06. The van der Waals surface area contributed by atoms with Gasteiger partial charge in [0.2, 0.25) is 20.9 Å². The zero-order chi connectivity index (χ0) is 19.6. The van der Waals surface area contributed by atoms with E-state index < -0.39 is 10.0 Å². The van der Waals surface area contributed by atoms with Crippen molar-refractivity contribution in [3.63, 3.8) is 0 Å². The molecule has 3 aromatic rings. The summed E-state index contributed by atoms with van der Waals surface area (Å²) in [5.41, 5.74) is 0.975. The lowest BCUT2D eigenvalue weighted by molar-refractivity contribution is 0.415. The molecule has 0 radical (unpaired) electrons. The average molecular weight is 423 g/mol. The highest BCUT2D eigenvalue weighted by Crippen LogP contribution is 2.38. The fraction of sp³-hybridized carbons (Fsp3) is 0.0625. The fourth-order valence-electron chi connectivity index (χ4n) is 2.25. The number of nitrogens with two attached hydrogens (primary N) is 1. The zero-order valence-electron chi connectivity index (χ0n) is 13.9. The van der Waals surface area contributed by atoms with Gasteiger partial charge in [-0.25, -0.2) is 13.6 Å². The molecule has 0 amide bonds. The van der Waals surface area contributed by atoms with Crippen molar-refractivity contribution in [3.05, 3.63) is 52.5 Å². The molecule has 0 aliphatic rings. The van der Waals surface area contributed by atoms with Gasteiger partial charge in [-0.15, -0.1) is 10.2 Å². The number of benzene rings is 2. The molecule has 27 heavy (non-hydrogen) atoms. The number of methoxy groups -OCH3 is 1. The largest absolute Gasteiger partial charge is 0.494 e. The van der Waals surface area contributed by atoms with E-state index in [1.165, 1.54) is 35.9 Å². The lowest BCUT2D eigenvalue weighted by atomic mass is 10.3. The normalized spacial score (nSPS) is 11.8. The van der Waals surface area contributed by atoms with Gasteiger partial charge >= 0.3 is 0 Å². The van der Waals surface area contributed by atoms with Crippen LogP contribution in [0, 0.1) is 3.95 Å². The van der Waals surface area contributed by atoms with Gasteiger partial charge in [0.1, 0.15) is 11.4 Å². The third-order valence-electron chi connectivity index (χ3n) is 3.53.